The van der Waals surface area contributed by atoms with Crippen LogP contribution >= 0.6 is 18.7 Å². The molecule has 1 aromatic heterocycles. The second-order valence-electron chi connectivity index (χ2n) is 6.51. The van der Waals surface area contributed by atoms with Crippen molar-refractivity contribution in [1.29, 1.82) is 0 Å². The third kappa shape index (κ3) is 3.46. The summed E-state index contributed by atoms with van der Waals surface area (Å²) in [5, 5.41) is 3.46. The van der Waals surface area contributed by atoms with Crippen LogP contribution in [0.15, 0.2) is 95.7 Å². The second-order valence-corrected chi connectivity index (χ2v) is 9.88. The van der Waals surface area contributed by atoms with Crippen LogP contribution in [-0.2, 0) is 7.05 Å². The number of hydrogen-bond donors (Lipinski definition) is 0. The maximum absolute atomic E-state index is 11.5. The minimum atomic E-state index is -2.45. The average molecular weight is 420 g/mol. The molecular weight excluding hydrogens is 401 g/mol. The molecular formula is C23H19ClN3OP. The summed E-state index contributed by atoms with van der Waals surface area (Å²) in [6.45, 7) is 0. The summed E-state index contributed by atoms with van der Waals surface area (Å²) in [6, 6.07) is 30.7. The standard InChI is InChI=1S/C23H19ClN3OP/c1-27-21(17-28)22(24)25-23(27)26-29(18-11-5-2-6-12-18,19-13-7-3-8-14-19)20-15-9-4-10-16-20/h2-17H,1H3. The van der Waals surface area contributed by atoms with E-state index in [-0.39, 0.29) is 5.15 Å². The molecule has 0 fully saturated rings. The summed E-state index contributed by atoms with van der Waals surface area (Å²) in [5.41, 5.74) is 0.317. The van der Waals surface area contributed by atoms with Crippen LogP contribution in [-0.4, -0.2) is 15.8 Å². The molecule has 0 aliphatic carbocycles. The van der Waals surface area contributed by atoms with Gasteiger partial charge in [0.25, 0.3) is 0 Å². The van der Waals surface area contributed by atoms with E-state index in [1.165, 1.54) is 0 Å². The van der Waals surface area contributed by atoms with E-state index in [4.69, 9.17) is 16.3 Å². The first-order chi connectivity index (χ1) is 14.2. The van der Waals surface area contributed by atoms with Gasteiger partial charge < -0.3 is 4.57 Å². The number of carbonyl (C=O) groups is 1. The molecule has 4 rings (SSSR count). The van der Waals surface area contributed by atoms with Gasteiger partial charge in [-0.1, -0.05) is 103 Å². The number of halogens is 1. The molecule has 0 radical (unpaired) electrons. The van der Waals surface area contributed by atoms with Gasteiger partial charge >= 0.3 is 0 Å². The highest BCUT2D eigenvalue weighted by Crippen LogP contribution is 2.49. The van der Waals surface area contributed by atoms with Crippen LogP contribution in [0.25, 0.3) is 0 Å². The first-order valence-electron chi connectivity index (χ1n) is 9.13. The van der Waals surface area contributed by atoms with Gasteiger partial charge in [0.1, 0.15) is 5.69 Å². The number of nitrogens with zero attached hydrogens (tertiary/aromatic N) is 3. The van der Waals surface area contributed by atoms with E-state index in [0.29, 0.717) is 17.9 Å². The minimum Gasteiger partial charge on any atom is -0.308 e. The number of benzene rings is 3. The van der Waals surface area contributed by atoms with E-state index in [1.54, 1.807) is 11.6 Å². The lowest BCUT2D eigenvalue weighted by atomic mass is 10.4. The molecule has 1 heterocycles. The van der Waals surface area contributed by atoms with E-state index in [9.17, 15) is 4.79 Å². The zero-order valence-electron chi connectivity index (χ0n) is 15.8. The van der Waals surface area contributed by atoms with Crippen LogP contribution in [0.5, 0.6) is 0 Å². The Morgan fingerprint density at radius 2 is 1.24 bits per heavy atom. The van der Waals surface area contributed by atoms with E-state index in [2.05, 4.69) is 41.4 Å². The van der Waals surface area contributed by atoms with Crippen LogP contribution in [0.3, 0.4) is 0 Å². The Morgan fingerprint density at radius 3 is 1.59 bits per heavy atom. The number of aromatic nitrogens is 2. The molecule has 0 N–H and O–H groups in total. The third-order valence-electron chi connectivity index (χ3n) is 4.81. The molecule has 3 aromatic carbocycles. The Bertz CT molecular complexity index is 1090. The Labute approximate surface area is 174 Å². The quantitative estimate of drug-likeness (QED) is 0.348. The lowest BCUT2D eigenvalue weighted by Crippen LogP contribution is -2.25. The molecule has 0 saturated carbocycles. The van der Waals surface area contributed by atoms with E-state index < -0.39 is 7.05 Å². The van der Waals surface area contributed by atoms with Crippen molar-refractivity contribution in [2.24, 2.45) is 11.8 Å². The molecule has 4 aromatic rings. The van der Waals surface area contributed by atoms with Gasteiger partial charge in [-0.05, 0) is 0 Å². The summed E-state index contributed by atoms with van der Waals surface area (Å²) in [6.07, 6.45) is 0.710. The molecule has 4 nitrogen and oxygen atoms in total. The summed E-state index contributed by atoms with van der Waals surface area (Å²) < 4.78 is 6.90. The van der Waals surface area contributed by atoms with Crippen LogP contribution in [0, 0.1) is 0 Å². The van der Waals surface area contributed by atoms with Crippen molar-refractivity contribution in [2.75, 3.05) is 0 Å². The molecule has 0 saturated heterocycles. The SMILES string of the molecule is Cn1c(N=P(c2ccccc2)(c2ccccc2)c2ccccc2)nc(Cl)c1C=O. The molecule has 0 bridgehead atoms. The highest BCUT2D eigenvalue weighted by atomic mass is 35.5. The third-order valence-corrected chi connectivity index (χ3v) is 8.71. The fourth-order valence-corrected chi connectivity index (χ4v) is 7.11. The summed E-state index contributed by atoms with van der Waals surface area (Å²) in [5.74, 6) is 0.432. The molecule has 0 aliphatic rings. The number of hydrogen-bond acceptors (Lipinski definition) is 3. The first kappa shape index (κ1) is 19.4. The lowest BCUT2D eigenvalue weighted by Gasteiger charge is -2.26. The van der Waals surface area contributed by atoms with Crippen molar-refractivity contribution in [3.05, 3.63) is 102 Å². The number of imidazole rings is 1. The molecule has 0 spiro atoms. The van der Waals surface area contributed by atoms with E-state index in [0.717, 1.165) is 15.9 Å². The highest BCUT2D eigenvalue weighted by Gasteiger charge is 2.28. The molecule has 0 atom stereocenters. The van der Waals surface area contributed by atoms with Crippen molar-refractivity contribution < 1.29 is 4.79 Å². The maximum Gasteiger partial charge on any atom is 0.230 e. The van der Waals surface area contributed by atoms with Crippen molar-refractivity contribution in [3.8, 4) is 0 Å². The van der Waals surface area contributed by atoms with Crippen molar-refractivity contribution >= 4 is 46.8 Å². The van der Waals surface area contributed by atoms with Gasteiger partial charge in [0, 0.05) is 23.0 Å². The zero-order valence-corrected chi connectivity index (χ0v) is 17.5. The Hall–Kier alpha value is -2.94. The van der Waals surface area contributed by atoms with Crippen molar-refractivity contribution in [3.63, 3.8) is 0 Å². The fraction of sp³-hybridized carbons (Fsp3) is 0.0435. The fourth-order valence-electron chi connectivity index (χ4n) is 3.37. The first-order valence-corrected chi connectivity index (χ1v) is 11.3. The van der Waals surface area contributed by atoms with Crippen LogP contribution in [0.1, 0.15) is 10.5 Å². The normalized spacial score (nSPS) is 11.2. The largest absolute Gasteiger partial charge is 0.308 e. The van der Waals surface area contributed by atoms with Gasteiger partial charge in [-0.3, -0.25) is 4.79 Å². The van der Waals surface area contributed by atoms with Gasteiger partial charge in [-0.15, -0.1) is 0 Å². The van der Waals surface area contributed by atoms with Gasteiger partial charge in [0.05, 0.1) is 7.05 Å². The van der Waals surface area contributed by atoms with Gasteiger partial charge in [-0.25, -0.2) is 4.74 Å². The highest BCUT2D eigenvalue weighted by molar-refractivity contribution is 7.87. The lowest BCUT2D eigenvalue weighted by molar-refractivity contribution is 0.111. The average Bonchev–Trinajstić information content (AvgIpc) is 3.05. The second kappa shape index (κ2) is 8.20. The van der Waals surface area contributed by atoms with E-state index in [1.807, 2.05) is 54.6 Å². The Balaban J connectivity index is 2.16. The minimum absolute atomic E-state index is 0.161. The van der Waals surface area contributed by atoms with E-state index >= 15 is 0 Å². The van der Waals surface area contributed by atoms with Gasteiger partial charge in [0.2, 0.25) is 5.95 Å². The van der Waals surface area contributed by atoms with Crippen LogP contribution < -0.4 is 15.9 Å². The van der Waals surface area contributed by atoms with Crippen LogP contribution in [0.4, 0.5) is 5.95 Å². The zero-order chi connectivity index (χ0) is 20.3. The topological polar surface area (TPSA) is 47.2 Å². The van der Waals surface area contributed by atoms with Gasteiger partial charge in [-0.2, -0.15) is 4.98 Å². The van der Waals surface area contributed by atoms with Crippen molar-refractivity contribution in [1.82, 2.24) is 9.55 Å². The molecule has 0 amide bonds. The molecule has 29 heavy (non-hydrogen) atoms. The summed E-state index contributed by atoms with van der Waals surface area (Å²) in [7, 11) is -0.691. The number of rotatable bonds is 5. The predicted octanol–water partition coefficient (Wildman–Crippen LogP) is 4.70. The molecule has 144 valence electrons. The maximum atomic E-state index is 11.5. The molecule has 6 heteroatoms. The molecule has 0 aliphatic heterocycles. The Morgan fingerprint density at radius 1 is 0.828 bits per heavy atom. The van der Waals surface area contributed by atoms with Crippen molar-refractivity contribution in [2.45, 2.75) is 0 Å². The smallest absolute Gasteiger partial charge is 0.230 e. The van der Waals surface area contributed by atoms with Crippen LogP contribution in [0.2, 0.25) is 5.15 Å². The number of aldehydes is 1. The molecule has 0 unspecified atom stereocenters. The Kier molecular flexibility index (Phi) is 5.48. The van der Waals surface area contributed by atoms with Gasteiger partial charge in [0.15, 0.2) is 11.4 Å². The summed E-state index contributed by atoms with van der Waals surface area (Å²) in [4.78, 5) is 15.9. The number of carbonyl (C=O) groups excluding carboxylic acids is 1. The predicted molar refractivity (Wildman–Crippen MR) is 121 cm³/mol. The monoisotopic (exact) mass is 419 g/mol. The summed E-state index contributed by atoms with van der Waals surface area (Å²) >= 11 is 6.21.